The van der Waals surface area contributed by atoms with Gasteiger partial charge in [-0.05, 0) is 50.7 Å². The topological polar surface area (TPSA) is 44.4 Å². The van der Waals surface area contributed by atoms with Crippen LogP contribution >= 0.6 is 11.6 Å². The number of rotatable bonds is 6. The molecule has 0 aliphatic rings. The van der Waals surface area contributed by atoms with E-state index in [1.807, 2.05) is 14.1 Å². The van der Waals surface area contributed by atoms with Crippen LogP contribution in [0.4, 0.5) is 10.5 Å². The van der Waals surface area contributed by atoms with Crippen LogP contribution in [0.3, 0.4) is 0 Å². The summed E-state index contributed by atoms with van der Waals surface area (Å²) in [7, 11) is 4.07. The highest BCUT2D eigenvalue weighted by Gasteiger charge is 2.14. The van der Waals surface area contributed by atoms with Gasteiger partial charge in [0.2, 0.25) is 0 Å². The molecule has 0 saturated heterocycles. The molecule has 1 rings (SSSR count). The number of halogens is 1. The predicted molar refractivity (Wildman–Crippen MR) is 85.4 cm³/mol. The second kappa shape index (κ2) is 8.12. The molecule has 0 spiro atoms. The first-order valence-corrected chi connectivity index (χ1v) is 7.23. The Morgan fingerprint density at radius 2 is 1.85 bits per heavy atom. The van der Waals surface area contributed by atoms with Crippen LogP contribution in [0.25, 0.3) is 0 Å². The van der Waals surface area contributed by atoms with E-state index in [0.717, 1.165) is 12.1 Å². The standard InChI is InChI=1S/C15H24ClN3O/c1-11(2)9-14(19(3)4)10-17-15(20)18-13-7-5-12(16)6-8-13/h5-8,11,14H,9-10H2,1-4H3,(H2,17,18,20). The third-order valence-corrected chi connectivity index (χ3v) is 3.33. The quantitative estimate of drug-likeness (QED) is 0.845. The molecule has 112 valence electrons. The molecule has 0 aliphatic carbocycles. The molecule has 4 nitrogen and oxygen atoms in total. The molecule has 0 saturated carbocycles. The molecule has 1 atom stereocenters. The average molecular weight is 298 g/mol. The van der Waals surface area contributed by atoms with Gasteiger partial charge in [-0.3, -0.25) is 0 Å². The summed E-state index contributed by atoms with van der Waals surface area (Å²) in [6.07, 6.45) is 1.05. The van der Waals surface area contributed by atoms with Gasteiger partial charge in [0.1, 0.15) is 0 Å². The van der Waals surface area contributed by atoms with E-state index in [-0.39, 0.29) is 6.03 Å². The second-order valence-electron chi connectivity index (χ2n) is 5.59. The fourth-order valence-electron chi connectivity index (χ4n) is 1.94. The number of nitrogens with one attached hydrogen (secondary N) is 2. The van der Waals surface area contributed by atoms with E-state index >= 15 is 0 Å². The van der Waals surface area contributed by atoms with Crippen molar-refractivity contribution < 1.29 is 4.79 Å². The summed E-state index contributed by atoms with van der Waals surface area (Å²) in [4.78, 5) is 14.0. The molecular formula is C15H24ClN3O. The minimum absolute atomic E-state index is 0.192. The highest BCUT2D eigenvalue weighted by atomic mass is 35.5. The van der Waals surface area contributed by atoms with Crippen molar-refractivity contribution in [2.75, 3.05) is 26.0 Å². The van der Waals surface area contributed by atoms with Crippen LogP contribution in [0.2, 0.25) is 5.02 Å². The summed E-state index contributed by atoms with van der Waals surface area (Å²) in [5.74, 6) is 0.600. The molecule has 1 aromatic carbocycles. The van der Waals surface area contributed by atoms with E-state index in [1.54, 1.807) is 24.3 Å². The van der Waals surface area contributed by atoms with Gasteiger partial charge in [-0.25, -0.2) is 4.79 Å². The first-order valence-electron chi connectivity index (χ1n) is 6.85. The maximum absolute atomic E-state index is 11.8. The van der Waals surface area contributed by atoms with E-state index in [0.29, 0.717) is 23.5 Å². The molecule has 1 aromatic rings. The zero-order chi connectivity index (χ0) is 15.1. The van der Waals surface area contributed by atoms with Gasteiger partial charge in [-0.1, -0.05) is 25.4 Å². The van der Waals surface area contributed by atoms with Crippen LogP contribution in [-0.2, 0) is 0 Å². The van der Waals surface area contributed by atoms with Gasteiger partial charge < -0.3 is 15.5 Å². The van der Waals surface area contributed by atoms with E-state index in [2.05, 4.69) is 29.4 Å². The van der Waals surface area contributed by atoms with Gasteiger partial charge >= 0.3 is 6.03 Å². The average Bonchev–Trinajstić information content (AvgIpc) is 2.36. The van der Waals surface area contributed by atoms with E-state index in [9.17, 15) is 4.79 Å². The number of amides is 2. The van der Waals surface area contributed by atoms with Gasteiger partial charge in [-0.2, -0.15) is 0 Å². The summed E-state index contributed by atoms with van der Waals surface area (Å²) in [6.45, 7) is 5.00. The largest absolute Gasteiger partial charge is 0.336 e. The molecule has 0 aromatic heterocycles. The Labute approximate surface area is 126 Å². The van der Waals surface area contributed by atoms with Gasteiger partial charge in [-0.15, -0.1) is 0 Å². The number of anilines is 1. The first kappa shape index (κ1) is 16.8. The maximum atomic E-state index is 11.8. The summed E-state index contributed by atoms with van der Waals surface area (Å²) in [6, 6.07) is 7.20. The molecule has 0 radical (unpaired) electrons. The maximum Gasteiger partial charge on any atom is 0.319 e. The molecule has 0 fully saturated rings. The predicted octanol–water partition coefficient (Wildman–Crippen LogP) is 3.44. The minimum atomic E-state index is -0.192. The Morgan fingerprint density at radius 3 is 2.35 bits per heavy atom. The lowest BCUT2D eigenvalue weighted by molar-refractivity contribution is 0.231. The van der Waals surface area contributed by atoms with E-state index < -0.39 is 0 Å². The zero-order valence-electron chi connectivity index (χ0n) is 12.6. The lowest BCUT2D eigenvalue weighted by atomic mass is 10.0. The summed E-state index contributed by atoms with van der Waals surface area (Å²) >= 11 is 5.80. The summed E-state index contributed by atoms with van der Waals surface area (Å²) in [5, 5.41) is 6.35. The third kappa shape index (κ3) is 6.26. The monoisotopic (exact) mass is 297 g/mol. The lowest BCUT2D eigenvalue weighted by Gasteiger charge is -2.26. The van der Waals surface area contributed by atoms with Crippen LogP contribution in [0, 0.1) is 5.92 Å². The Balaban J connectivity index is 2.43. The summed E-state index contributed by atoms with van der Waals surface area (Å²) in [5.41, 5.74) is 0.733. The summed E-state index contributed by atoms with van der Waals surface area (Å²) < 4.78 is 0. The molecular weight excluding hydrogens is 274 g/mol. The van der Waals surface area contributed by atoms with Crippen molar-refractivity contribution in [1.29, 1.82) is 0 Å². The number of carbonyl (C=O) groups excluding carboxylic acids is 1. The number of urea groups is 1. The SMILES string of the molecule is CC(C)CC(CNC(=O)Nc1ccc(Cl)cc1)N(C)C. The fourth-order valence-corrected chi connectivity index (χ4v) is 2.07. The Morgan fingerprint density at radius 1 is 1.25 bits per heavy atom. The van der Waals surface area contributed by atoms with Crippen LogP contribution in [0.1, 0.15) is 20.3 Å². The van der Waals surface area contributed by atoms with Crippen molar-refractivity contribution in [2.24, 2.45) is 5.92 Å². The highest BCUT2D eigenvalue weighted by molar-refractivity contribution is 6.30. The Hall–Kier alpha value is -1.26. The van der Waals surface area contributed by atoms with Gasteiger partial charge in [0.25, 0.3) is 0 Å². The normalized spacial score (nSPS) is 12.6. The molecule has 20 heavy (non-hydrogen) atoms. The van der Waals surface area contributed by atoms with Crippen molar-refractivity contribution in [3.8, 4) is 0 Å². The van der Waals surface area contributed by atoms with Gasteiger partial charge in [0, 0.05) is 23.3 Å². The van der Waals surface area contributed by atoms with Crippen LogP contribution in [0.15, 0.2) is 24.3 Å². The number of likely N-dealkylation sites (N-methyl/N-ethyl adjacent to an activating group) is 1. The van der Waals surface area contributed by atoms with Crippen LogP contribution < -0.4 is 10.6 Å². The second-order valence-corrected chi connectivity index (χ2v) is 6.03. The number of nitrogens with zero attached hydrogens (tertiary/aromatic N) is 1. The highest BCUT2D eigenvalue weighted by Crippen LogP contribution is 2.13. The number of hydrogen-bond donors (Lipinski definition) is 2. The Kier molecular flexibility index (Phi) is 6.82. The van der Waals surface area contributed by atoms with E-state index in [4.69, 9.17) is 11.6 Å². The first-order chi connectivity index (χ1) is 9.38. The third-order valence-electron chi connectivity index (χ3n) is 3.07. The number of benzene rings is 1. The van der Waals surface area contributed by atoms with Crippen LogP contribution in [0.5, 0.6) is 0 Å². The van der Waals surface area contributed by atoms with Crippen molar-refractivity contribution in [1.82, 2.24) is 10.2 Å². The molecule has 0 heterocycles. The zero-order valence-corrected chi connectivity index (χ0v) is 13.4. The molecule has 5 heteroatoms. The Bertz CT molecular complexity index is 418. The van der Waals surface area contributed by atoms with Crippen molar-refractivity contribution >= 4 is 23.3 Å². The lowest BCUT2D eigenvalue weighted by Crippen LogP contribution is -2.42. The van der Waals surface area contributed by atoms with Gasteiger partial charge in [0.05, 0.1) is 0 Å². The number of hydrogen-bond acceptors (Lipinski definition) is 2. The van der Waals surface area contributed by atoms with Crippen molar-refractivity contribution in [3.63, 3.8) is 0 Å². The van der Waals surface area contributed by atoms with Crippen molar-refractivity contribution in [2.45, 2.75) is 26.3 Å². The molecule has 2 amide bonds. The fraction of sp³-hybridized carbons (Fsp3) is 0.533. The molecule has 0 aliphatic heterocycles. The number of carbonyl (C=O) groups is 1. The minimum Gasteiger partial charge on any atom is -0.336 e. The molecule has 2 N–H and O–H groups in total. The van der Waals surface area contributed by atoms with Gasteiger partial charge in [0.15, 0.2) is 0 Å². The van der Waals surface area contributed by atoms with Crippen LogP contribution in [-0.4, -0.2) is 37.6 Å². The molecule has 0 bridgehead atoms. The van der Waals surface area contributed by atoms with E-state index in [1.165, 1.54) is 0 Å². The van der Waals surface area contributed by atoms with Crippen molar-refractivity contribution in [3.05, 3.63) is 29.3 Å². The molecule has 1 unspecified atom stereocenters. The smallest absolute Gasteiger partial charge is 0.319 e.